The van der Waals surface area contributed by atoms with Gasteiger partial charge >= 0.3 is 6.18 Å². The van der Waals surface area contributed by atoms with Crippen LogP contribution in [0.4, 0.5) is 13.2 Å². The van der Waals surface area contributed by atoms with Gasteiger partial charge in [-0.15, -0.1) is 0 Å². The Balaban J connectivity index is 1.29. The molecule has 2 saturated heterocycles. The van der Waals surface area contributed by atoms with E-state index in [2.05, 4.69) is 10.1 Å². The average Bonchev–Trinajstić information content (AvgIpc) is 3.31. The molecule has 0 radical (unpaired) electrons. The van der Waals surface area contributed by atoms with Crippen LogP contribution in [0.1, 0.15) is 67.5 Å². The monoisotopic (exact) mass is 554 g/mol. The molecule has 1 amide bonds. The molecule has 1 unspecified atom stereocenters. The topological polar surface area (TPSA) is 87.0 Å². The van der Waals surface area contributed by atoms with E-state index in [-0.39, 0.29) is 18.9 Å². The van der Waals surface area contributed by atoms with E-state index in [1.54, 1.807) is 4.90 Å². The fourth-order valence-corrected chi connectivity index (χ4v) is 7.46. The quantitative estimate of drug-likeness (QED) is 0.532. The van der Waals surface area contributed by atoms with E-state index >= 15 is 0 Å². The molecule has 3 aliphatic heterocycles. The van der Waals surface area contributed by atoms with Crippen LogP contribution in [0.3, 0.4) is 0 Å². The van der Waals surface area contributed by atoms with Crippen molar-refractivity contribution in [1.29, 1.82) is 0 Å². The van der Waals surface area contributed by atoms with E-state index in [0.29, 0.717) is 45.0 Å². The number of sulfonamides is 1. The Bertz CT molecular complexity index is 1260. The molecular weight excluding hydrogens is 521 g/mol. The molecule has 5 rings (SSSR count). The molecule has 0 saturated carbocycles. The van der Waals surface area contributed by atoms with Gasteiger partial charge in [-0.3, -0.25) is 9.69 Å². The lowest BCUT2D eigenvalue weighted by molar-refractivity contribution is -0.137. The van der Waals surface area contributed by atoms with Crippen LogP contribution in [0, 0.1) is 0 Å². The zero-order valence-corrected chi connectivity index (χ0v) is 22.1. The van der Waals surface area contributed by atoms with Crippen LogP contribution in [0.5, 0.6) is 0 Å². The van der Waals surface area contributed by atoms with E-state index in [0.717, 1.165) is 61.5 Å². The molecule has 0 N–H and O–H groups in total. The molecule has 208 valence electrons. The molecule has 0 bridgehead atoms. The third kappa shape index (κ3) is 5.76. The molecule has 1 aromatic heterocycles. The minimum Gasteiger partial charge on any atom is -0.361 e. The minimum atomic E-state index is -4.65. The Hall–Kier alpha value is -2.44. The highest BCUT2D eigenvalue weighted by Gasteiger charge is 2.38. The first-order valence-corrected chi connectivity index (χ1v) is 14.7. The maximum atomic E-state index is 13.4. The van der Waals surface area contributed by atoms with Crippen LogP contribution in [-0.4, -0.2) is 65.8 Å². The summed E-state index contributed by atoms with van der Waals surface area (Å²) in [5.41, 5.74) is 0.777. The number of hydrogen-bond donors (Lipinski definition) is 0. The number of benzene rings is 1. The molecule has 0 spiro atoms. The summed E-state index contributed by atoms with van der Waals surface area (Å²) in [5.74, 6) is 0.629. The highest BCUT2D eigenvalue weighted by molar-refractivity contribution is 7.89. The molecule has 4 heterocycles. The van der Waals surface area contributed by atoms with Crippen molar-refractivity contribution in [3.05, 3.63) is 46.8 Å². The van der Waals surface area contributed by atoms with Crippen LogP contribution in [0.25, 0.3) is 0 Å². The summed E-state index contributed by atoms with van der Waals surface area (Å²) in [6.45, 7) is 3.72. The normalized spacial score (nSPS) is 21.9. The van der Waals surface area contributed by atoms with Gasteiger partial charge < -0.3 is 9.42 Å². The third-order valence-electron chi connectivity index (χ3n) is 7.83. The Morgan fingerprint density at radius 2 is 1.82 bits per heavy atom. The molecule has 1 aromatic carbocycles. The number of rotatable bonds is 6. The second-order valence-corrected chi connectivity index (χ2v) is 12.3. The standard InChI is InChI=1S/C26H33F3N4O4S/c27-26(28,29)19-7-6-9-21(15-19)38(35,36)33-13-5-2-8-20(33)16-25(34)32-14-10-24-22(17-32)23(30-37-24)18-31-11-3-1-4-12-31/h6-7,9,15,20H,1-5,8,10-14,16-18H2. The first kappa shape index (κ1) is 27.1. The van der Waals surface area contributed by atoms with E-state index in [1.165, 1.54) is 16.8 Å². The van der Waals surface area contributed by atoms with E-state index in [1.807, 2.05) is 0 Å². The lowest BCUT2D eigenvalue weighted by Crippen LogP contribution is -2.47. The van der Waals surface area contributed by atoms with Gasteiger partial charge in [0.2, 0.25) is 15.9 Å². The van der Waals surface area contributed by atoms with Crippen molar-refractivity contribution in [2.45, 2.75) is 81.6 Å². The number of amides is 1. The summed E-state index contributed by atoms with van der Waals surface area (Å²) in [6.07, 6.45) is 1.26. The number of hydrogen-bond acceptors (Lipinski definition) is 6. The number of nitrogens with zero attached hydrogens (tertiary/aromatic N) is 4. The molecule has 12 heteroatoms. The number of piperidine rings is 2. The first-order valence-electron chi connectivity index (χ1n) is 13.3. The van der Waals surface area contributed by atoms with Crippen molar-refractivity contribution in [3.63, 3.8) is 0 Å². The minimum absolute atomic E-state index is 0.0136. The lowest BCUT2D eigenvalue weighted by atomic mass is 10.00. The van der Waals surface area contributed by atoms with Crippen molar-refractivity contribution >= 4 is 15.9 Å². The van der Waals surface area contributed by atoms with Gasteiger partial charge in [-0.2, -0.15) is 17.5 Å². The second-order valence-electron chi connectivity index (χ2n) is 10.4. The third-order valence-corrected chi connectivity index (χ3v) is 9.78. The summed E-state index contributed by atoms with van der Waals surface area (Å²) < 4.78 is 73.3. The van der Waals surface area contributed by atoms with Crippen molar-refractivity contribution in [1.82, 2.24) is 19.3 Å². The first-order chi connectivity index (χ1) is 18.1. The molecule has 38 heavy (non-hydrogen) atoms. The number of carbonyl (C=O) groups excluding carboxylic acids is 1. The van der Waals surface area contributed by atoms with Gasteiger partial charge in [-0.25, -0.2) is 8.42 Å². The fourth-order valence-electron chi connectivity index (χ4n) is 5.72. The van der Waals surface area contributed by atoms with Gasteiger partial charge in [0, 0.05) is 44.1 Å². The SMILES string of the molecule is O=C(CC1CCCCN1S(=O)(=O)c1cccc(C(F)(F)F)c1)N1CCc2onc(CN3CCCCC3)c2C1. The van der Waals surface area contributed by atoms with Crippen LogP contribution in [0.2, 0.25) is 0 Å². The van der Waals surface area contributed by atoms with Gasteiger partial charge in [0.25, 0.3) is 0 Å². The van der Waals surface area contributed by atoms with Gasteiger partial charge in [0.05, 0.1) is 17.0 Å². The summed E-state index contributed by atoms with van der Waals surface area (Å²) in [6, 6.07) is 3.20. The van der Waals surface area contributed by atoms with Gasteiger partial charge in [0.15, 0.2) is 0 Å². The molecule has 3 aliphatic rings. The molecule has 2 fully saturated rings. The van der Waals surface area contributed by atoms with Gasteiger partial charge in [-0.05, 0) is 57.0 Å². The lowest BCUT2D eigenvalue weighted by Gasteiger charge is -2.36. The number of alkyl halides is 3. The van der Waals surface area contributed by atoms with Crippen molar-refractivity contribution in [3.8, 4) is 0 Å². The number of likely N-dealkylation sites (tertiary alicyclic amines) is 1. The number of carbonyl (C=O) groups is 1. The smallest absolute Gasteiger partial charge is 0.361 e. The van der Waals surface area contributed by atoms with Crippen molar-refractivity contribution in [2.75, 3.05) is 26.2 Å². The van der Waals surface area contributed by atoms with Crippen LogP contribution >= 0.6 is 0 Å². The Morgan fingerprint density at radius 1 is 1.05 bits per heavy atom. The molecule has 0 aliphatic carbocycles. The van der Waals surface area contributed by atoms with Crippen LogP contribution in [-0.2, 0) is 40.5 Å². The number of halogens is 3. The van der Waals surface area contributed by atoms with Crippen LogP contribution < -0.4 is 0 Å². The molecule has 2 aromatic rings. The number of aromatic nitrogens is 1. The average molecular weight is 555 g/mol. The molecular formula is C26H33F3N4O4S. The summed E-state index contributed by atoms with van der Waals surface area (Å²) in [5, 5.41) is 4.28. The largest absolute Gasteiger partial charge is 0.416 e. The van der Waals surface area contributed by atoms with Crippen molar-refractivity contribution in [2.24, 2.45) is 0 Å². The highest BCUT2D eigenvalue weighted by atomic mass is 32.2. The van der Waals surface area contributed by atoms with Gasteiger partial charge in [-0.1, -0.05) is 24.1 Å². The Labute approximate surface area is 220 Å². The summed E-state index contributed by atoms with van der Waals surface area (Å²) in [4.78, 5) is 17.1. The summed E-state index contributed by atoms with van der Waals surface area (Å²) in [7, 11) is -4.20. The predicted molar refractivity (Wildman–Crippen MR) is 132 cm³/mol. The summed E-state index contributed by atoms with van der Waals surface area (Å²) >= 11 is 0. The van der Waals surface area contributed by atoms with E-state index in [4.69, 9.17) is 4.52 Å². The Morgan fingerprint density at radius 3 is 2.58 bits per heavy atom. The number of fused-ring (bicyclic) bond motifs is 1. The Kier molecular flexibility index (Phi) is 7.84. The van der Waals surface area contributed by atoms with Gasteiger partial charge in [0.1, 0.15) is 11.5 Å². The zero-order valence-electron chi connectivity index (χ0n) is 21.3. The zero-order chi connectivity index (χ0) is 26.9. The van der Waals surface area contributed by atoms with Crippen LogP contribution in [0.15, 0.2) is 33.7 Å². The van der Waals surface area contributed by atoms with E-state index in [9.17, 15) is 26.4 Å². The second kappa shape index (κ2) is 11.0. The predicted octanol–water partition coefficient (Wildman–Crippen LogP) is 4.20. The maximum absolute atomic E-state index is 13.4. The fraction of sp³-hybridized carbons (Fsp3) is 0.615. The van der Waals surface area contributed by atoms with Crippen molar-refractivity contribution < 1.29 is 30.9 Å². The van der Waals surface area contributed by atoms with E-state index < -0.39 is 32.7 Å². The molecule has 8 nitrogen and oxygen atoms in total. The highest BCUT2D eigenvalue weighted by Crippen LogP contribution is 2.33. The maximum Gasteiger partial charge on any atom is 0.416 e. The molecule has 1 atom stereocenters.